The standard InChI is InChI=1S/C13H15N3O5/c1-8-3-4-10(16(19)20)11(7-8)21-9(2)12(17)15-6-5-14-13(15)18/h3-4,7,9H,5-6H2,1-2H3,(H,14,18)/t9-/m1/s1. The molecule has 1 aliphatic rings. The van der Waals surface area contributed by atoms with Gasteiger partial charge in [-0.3, -0.25) is 19.8 Å². The summed E-state index contributed by atoms with van der Waals surface area (Å²) >= 11 is 0. The summed E-state index contributed by atoms with van der Waals surface area (Å²) in [5.74, 6) is -0.513. The maximum absolute atomic E-state index is 12.1. The first-order valence-corrected chi connectivity index (χ1v) is 6.41. The van der Waals surface area contributed by atoms with E-state index in [-0.39, 0.29) is 18.0 Å². The molecule has 1 fully saturated rings. The van der Waals surface area contributed by atoms with E-state index in [2.05, 4.69) is 5.32 Å². The molecule has 1 aromatic carbocycles. The molecular formula is C13H15N3O5. The molecule has 1 atom stereocenters. The van der Waals surface area contributed by atoms with Crippen molar-refractivity contribution in [1.82, 2.24) is 10.2 Å². The van der Waals surface area contributed by atoms with E-state index in [4.69, 9.17) is 4.74 Å². The quantitative estimate of drug-likeness (QED) is 0.664. The van der Waals surface area contributed by atoms with E-state index >= 15 is 0 Å². The van der Waals surface area contributed by atoms with Crippen LogP contribution in [0.15, 0.2) is 18.2 Å². The maximum atomic E-state index is 12.1. The number of hydrogen-bond donors (Lipinski definition) is 1. The minimum atomic E-state index is -0.991. The van der Waals surface area contributed by atoms with E-state index in [1.54, 1.807) is 13.0 Å². The number of nitro benzene ring substituents is 1. The van der Waals surface area contributed by atoms with Gasteiger partial charge >= 0.3 is 11.7 Å². The van der Waals surface area contributed by atoms with Gasteiger partial charge in [0.1, 0.15) is 0 Å². The Labute approximate surface area is 120 Å². The summed E-state index contributed by atoms with van der Waals surface area (Å²) in [7, 11) is 0. The number of aryl methyl sites for hydroxylation is 1. The van der Waals surface area contributed by atoms with E-state index in [1.165, 1.54) is 19.1 Å². The smallest absolute Gasteiger partial charge is 0.324 e. The van der Waals surface area contributed by atoms with E-state index in [0.717, 1.165) is 10.5 Å². The summed E-state index contributed by atoms with van der Waals surface area (Å²) in [5.41, 5.74) is 0.556. The molecule has 1 N–H and O–H groups in total. The van der Waals surface area contributed by atoms with Crippen LogP contribution < -0.4 is 10.1 Å². The average Bonchev–Trinajstić information content (AvgIpc) is 2.83. The number of benzene rings is 1. The zero-order valence-corrected chi connectivity index (χ0v) is 11.7. The lowest BCUT2D eigenvalue weighted by molar-refractivity contribution is -0.386. The SMILES string of the molecule is Cc1ccc([N+](=O)[O-])c(O[C@H](C)C(=O)N2CCNC2=O)c1. The molecule has 0 radical (unpaired) electrons. The molecule has 0 unspecified atom stereocenters. The zero-order valence-electron chi connectivity index (χ0n) is 11.7. The molecule has 1 heterocycles. The molecule has 21 heavy (non-hydrogen) atoms. The third kappa shape index (κ3) is 3.10. The Bertz CT molecular complexity index is 601. The van der Waals surface area contributed by atoms with Crippen LogP contribution in [0.3, 0.4) is 0 Å². The Morgan fingerprint density at radius 2 is 2.24 bits per heavy atom. The molecular weight excluding hydrogens is 278 g/mol. The van der Waals surface area contributed by atoms with Crippen molar-refractivity contribution in [3.63, 3.8) is 0 Å². The van der Waals surface area contributed by atoms with Gasteiger partial charge in [0.25, 0.3) is 5.91 Å². The normalized spacial score (nSPS) is 15.5. The molecule has 3 amide bonds. The third-order valence-electron chi connectivity index (χ3n) is 3.09. The Morgan fingerprint density at radius 3 is 2.81 bits per heavy atom. The molecule has 0 aliphatic carbocycles. The van der Waals surface area contributed by atoms with Gasteiger partial charge in [-0.05, 0) is 25.5 Å². The third-order valence-corrected chi connectivity index (χ3v) is 3.09. The molecule has 1 saturated heterocycles. The molecule has 8 heteroatoms. The highest BCUT2D eigenvalue weighted by atomic mass is 16.6. The number of amides is 3. The van der Waals surface area contributed by atoms with Gasteiger partial charge in [-0.15, -0.1) is 0 Å². The predicted octanol–water partition coefficient (Wildman–Crippen LogP) is 1.22. The van der Waals surface area contributed by atoms with E-state index < -0.39 is 23.0 Å². The number of carbonyl (C=O) groups excluding carboxylic acids is 2. The number of rotatable bonds is 4. The minimum Gasteiger partial charge on any atom is -0.474 e. The van der Waals surface area contributed by atoms with Gasteiger partial charge in [-0.1, -0.05) is 6.07 Å². The van der Waals surface area contributed by atoms with Crippen LogP contribution in [0.25, 0.3) is 0 Å². The number of hydrogen-bond acceptors (Lipinski definition) is 5. The Kier molecular flexibility index (Phi) is 4.06. The molecule has 0 aromatic heterocycles. The second-order valence-electron chi connectivity index (χ2n) is 4.71. The predicted molar refractivity (Wildman–Crippen MR) is 73.0 cm³/mol. The highest BCUT2D eigenvalue weighted by Gasteiger charge is 2.31. The molecule has 2 rings (SSSR count). The molecule has 0 spiro atoms. The van der Waals surface area contributed by atoms with Crippen LogP contribution in [-0.2, 0) is 4.79 Å². The summed E-state index contributed by atoms with van der Waals surface area (Å²) in [6.45, 7) is 3.88. The number of nitrogens with zero attached hydrogens (tertiary/aromatic N) is 2. The number of imide groups is 1. The first-order valence-electron chi connectivity index (χ1n) is 6.41. The monoisotopic (exact) mass is 293 g/mol. The molecule has 0 saturated carbocycles. The first kappa shape index (κ1) is 14.8. The second-order valence-corrected chi connectivity index (χ2v) is 4.71. The van der Waals surface area contributed by atoms with Crippen molar-refractivity contribution in [2.24, 2.45) is 0 Å². The fourth-order valence-corrected chi connectivity index (χ4v) is 2.01. The lowest BCUT2D eigenvalue weighted by atomic mass is 10.2. The van der Waals surface area contributed by atoms with Crippen molar-refractivity contribution in [3.05, 3.63) is 33.9 Å². The van der Waals surface area contributed by atoms with Crippen LogP contribution in [0.2, 0.25) is 0 Å². The number of urea groups is 1. The Morgan fingerprint density at radius 1 is 1.52 bits per heavy atom. The van der Waals surface area contributed by atoms with Crippen LogP contribution in [0, 0.1) is 17.0 Å². The molecule has 8 nitrogen and oxygen atoms in total. The minimum absolute atomic E-state index is 0.0143. The lowest BCUT2D eigenvalue weighted by Gasteiger charge is -2.19. The molecule has 112 valence electrons. The zero-order chi connectivity index (χ0) is 15.6. The van der Waals surface area contributed by atoms with Crippen LogP contribution in [0.1, 0.15) is 12.5 Å². The average molecular weight is 293 g/mol. The fraction of sp³-hybridized carbons (Fsp3) is 0.385. The molecule has 0 bridgehead atoms. The summed E-state index contributed by atoms with van der Waals surface area (Å²) < 4.78 is 5.40. The number of nitrogens with one attached hydrogen (secondary N) is 1. The Balaban J connectivity index is 2.17. The van der Waals surface area contributed by atoms with Gasteiger partial charge in [0.2, 0.25) is 0 Å². The van der Waals surface area contributed by atoms with Gasteiger partial charge in [0, 0.05) is 19.2 Å². The topological polar surface area (TPSA) is 102 Å². The summed E-state index contributed by atoms with van der Waals surface area (Å²) in [6, 6.07) is 3.93. The molecule has 1 aliphatic heterocycles. The van der Waals surface area contributed by atoms with Crippen LogP contribution in [0.5, 0.6) is 5.75 Å². The van der Waals surface area contributed by atoms with Crippen molar-refractivity contribution >= 4 is 17.6 Å². The van der Waals surface area contributed by atoms with Crippen molar-refractivity contribution < 1.29 is 19.2 Å². The van der Waals surface area contributed by atoms with Crippen LogP contribution in [0.4, 0.5) is 10.5 Å². The number of carbonyl (C=O) groups is 2. The van der Waals surface area contributed by atoms with Gasteiger partial charge < -0.3 is 10.1 Å². The fourth-order valence-electron chi connectivity index (χ4n) is 2.01. The highest BCUT2D eigenvalue weighted by Crippen LogP contribution is 2.28. The van der Waals surface area contributed by atoms with Crippen molar-refractivity contribution in [2.75, 3.05) is 13.1 Å². The summed E-state index contributed by atoms with van der Waals surface area (Å²) in [4.78, 5) is 34.9. The largest absolute Gasteiger partial charge is 0.474 e. The summed E-state index contributed by atoms with van der Waals surface area (Å²) in [5, 5.41) is 13.5. The van der Waals surface area contributed by atoms with Crippen molar-refractivity contribution in [3.8, 4) is 5.75 Å². The van der Waals surface area contributed by atoms with Crippen molar-refractivity contribution in [2.45, 2.75) is 20.0 Å². The lowest BCUT2D eigenvalue weighted by Crippen LogP contribution is -2.42. The van der Waals surface area contributed by atoms with Gasteiger partial charge in [0.15, 0.2) is 11.9 Å². The maximum Gasteiger partial charge on any atom is 0.324 e. The molecule has 1 aromatic rings. The van der Waals surface area contributed by atoms with Gasteiger partial charge in [0.05, 0.1) is 4.92 Å². The van der Waals surface area contributed by atoms with Crippen LogP contribution >= 0.6 is 0 Å². The highest BCUT2D eigenvalue weighted by molar-refractivity contribution is 5.97. The van der Waals surface area contributed by atoms with Crippen molar-refractivity contribution in [1.29, 1.82) is 0 Å². The van der Waals surface area contributed by atoms with Gasteiger partial charge in [-0.25, -0.2) is 4.79 Å². The van der Waals surface area contributed by atoms with E-state index in [1.807, 2.05) is 0 Å². The second kappa shape index (κ2) is 5.78. The van der Waals surface area contributed by atoms with Gasteiger partial charge in [-0.2, -0.15) is 0 Å². The van der Waals surface area contributed by atoms with Crippen LogP contribution in [-0.4, -0.2) is 41.0 Å². The Hall–Kier alpha value is -2.64. The number of nitro groups is 1. The van der Waals surface area contributed by atoms with E-state index in [9.17, 15) is 19.7 Å². The first-order chi connectivity index (χ1) is 9.90. The summed E-state index contributed by atoms with van der Waals surface area (Å²) in [6.07, 6.45) is -0.991. The number of ether oxygens (including phenoxy) is 1. The van der Waals surface area contributed by atoms with E-state index in [0.29, 0.717) is 6.54 Å².